The minimum Gasteiger partial charge on any atom is -0.496 e. The maximum absolute atomic E-state index is 14.4. The lowest BCUT2D eigenvalue weighted by Gasteiger charge is -2.23. The Morgan fingerprint density at radius 1 is 1.20 bits per heavy atom. The average Bonchev–Trinajstić information content (AvgIpc) is 3.58. The summed E-state index contributed by atoms with van der Waals surface area (Å²) < 4.78 is 28.2. The lowest BCUT2D eigenvalue weighted by Crippen LogP contribution is -2.44. The summed E-state index contributed by atoms with van der Waals surface area (Å²) in [4.78, 5) is 42.7. The van der Waals surface area contributed by atoms with Crippen LogP contribution in [0.2, 0.25) is 0 Å². The molecule has 0 fully saturated rings. The third kappa shape index (κ3) is 5.98. The van der Waals surface area contributed by atoms with Crippen molar-refractivity contribution in [2.75, 3.05) is 13.7 Å². The highest BCUT2D eigenvalue weighted by molar-refractivity contribution is 7.21. The number of fused-ring (bicyclic) bond motifs is 1. The van der Waals surface area contributed by atoms with Crippen LogP contribution in [0, 0.1) is 30.0 Å². The first-order valence-corrected chi connectivity index (χ1v) is 13.9. The summed E-state index contributed by atoms with van der Waals surface area (Å²) in [5.74, 6) is -0.426. The molecule has 11 nitrogen and oxygen atoms in total. The highest BCUT2D eigenvalue weighted by Gasteiger charge is 2.29. The van der Waals surface area contributed by atoms with Gasteiger partial charge in [-0.2, -0.15) is 15.5 Å². The first-order valence-electron chi connectivity index (χ1n) is 13.1. The predicted octanol–water partition coefficient (Wildman–Crippen LogP) is 4.11. The van der Waals surface area contributed by atoms with E-state index in [0.29, 0.717) is 26.7 Å². The van der Waals surface area contributed by atoms with Gasteiger partial charge in [0.05, 0.1) is 56.6 Å². The van der Waals surface area contributed by atoms with Crippen LogP contribution in [-0.2, 0) is 16.1 Å². The fourth-order valence-corrected chi connectivity index (χ4v) is 5.91. The number of hydrogen-bond donors (Lipinski definition) is 0. The predicted molar refractivity (Wildman–Crippen MR) is 151 cm³/mol. The van der Waals surface area contributed by atoms with Crippen molar-refractivity contribution in [1.29, 1.82) is 5.26 Å². The molecule has 0 aliphatic rings. The second-order valence-corrected chi connectivity index (χ2v) is 11.0. The van der Waals surface area contributed by atoms with Gasteiger partial charge in [0.15, 0.2) is 5.78 Å². The zero-order valence-corrected chi connectivity index (χ0v) is 24.3. The Kier molecular flexibility index (Phi) is 9.14. The molecule has 41 heavy (non-hydrogen) atoms. The molecule has 0 aliphatic carbocycles. The lowest BCUT2D eigenvalue weighted by molar-refractivity contribution is -0.122. The Bertz CT molecular complexity index is 1720. The van der Waals surface area contributed by atoms with Crippen molar-refractivity contribution in [3.63, 3.8) is 0 Å². The molecule has 4 rings (SSSR count). The third-order valence-electron chi connectivity index (χ3n) is 6.70. The number of hydrogen-bond acceptors (Lipinski definition) is 9. The van der Waals surface area contributed by atoms with Crippen LogP contribution in [0.25, 0.3) is 15.2 Å². The number of halogens is 1. The molecule has 0 N–H and O–H groups in total. The van der Waals surface area contributed by atoms with Crippen LogP contribution in [-0.4, -0.2) is 43.6 Å². The Hall–Kier alpha value is -4.15. The van der Waals surface area contributed by atoms with Crippen molar-refractivity contribution in [3.8, 4) is 16.8 Å². The van der Waals surface area contributed by atoms with Gasteiger partial charge in [-0.15, -0.1) is 4.80 Å². The SMILES string of the molecule is COc1ccc(F)cc1[C@H](Cn1c(=O)n([C@H](C)C(=O)CC(C)C)c(=O)c2c(C)c(-n3nccn3)sc21)OCCC#N. The summed E-state index contributed by atoms with van der Waals surface area (Å²) in [6, 6.07) is 4.93. The summed E-state index contributed by atoms with van der Waals surface area (Å²) in [5, 5.41) is 18.2. The Labute approximate surface area is 239 Å². The molecule has 2 atom stereocenters. The van der Waals surface area contributed by atoms with E-state index in [1.54, 1.807) is 6.92 Å². The number of carbonyl (C=O) groups excluding carboxylic acids is 1. The molecule has 0 aliphatic heterocycles. The third-order valence-corrected chi connectivity index (χ3v) is 7.98. The van der Waals surface area contributed by atoms with Crippen LogP contribution in [0.3, 0.4) is 0 Å². The van der Waals surface area contributed by atoms with Gasteiger partial charge in [-0.05, 0) is 38.0 Å². The number of benzene rings is 1. The van der Waals surface area contributed by atoms with Gasteiger partial charge in [0.2, 0.25) is 0 Å². The Morgan fingerprint density at radius 3 is 2.54 bits per heavy atom. The van der Waals surface area contributed by atoms with Crippen molar-refractivity contribution in [3.05, 3.63) is 68.4 Å². The maximum atomic E-state index is 14.4. The fourth-order valence-electron chi connectivity index (χ4n) is 4.69. The van der Waals surface area contributed by atoms with Crippen molar-refractivity contribution < 1.29 is 18.7 Å². The highest BCUT2D eigenvalue weighted by Crippen LogP contribution is 2.34. The molecule has 0 amide bonds. The summed E-state index contributed by atoms with van der Waals surface area (Å²) in [5.41, 5.74) is -0.433. The number of nitriles is 1. The molecular formula is C28H31FN6O5S. The molecule has 13 heteroatoms. The highest BCUT2D eigenvalue weighted by atomic mass is 32.1. The van der Waals surface area contributed by atoms with E-state index in [-0.39, 0.29) is 43.1 Å². The number of rotatable bonds is 12. The largest absolute Gasteiger partial charge is 0.496 e. The molecule has 0 radical (unpaired) electrons. The summed E-state index contributed by atoms with van der Waals surface area (Å²) in [6.45, 7) is 6.89. The van der Waals surface area contributed by atoms with Crippen LogP contribution in [0.5, 0.6) is 5.75 Å². The molecule has 4 aromatic rings. The summed E-state index contributed by atoms with van der Waals surface area (Å²) in [6.07, 6.45) is 2.31. The average molecular weight is 583 g/mol. The number of nitrogens with zero attached hydrogens (tertiary/aromatic N) is 6. The van der Waals surface area contributed by atoms with Gasteiger partial charge in [-0.1, -0.05) is 25.2 Å². The van der Waals surface area contributed by atoms with Gasteiger partial charge >= 0.3 is 5.69 Å². The van der Waals surface area contributed by atoms with E-state index in [4.69, 9.17) is 14.7 Å². The van der Waals surface area contributed by atoms with Crippen LogP contribution < -0.4 is 16.0 Å². The molecule has 0 saturated carbocycles. The normalized spacial score (nSPS) is 12.9. The van der Waals surface area contributed by atoms with E-state index < -0.39 is 29.2 Å². The van der Waals surface area contributed by atoms with E-state index in [1.165, 1.54) is 54.0 Å². The number of carbonyl (C=O) groups is 1. The van der Waals surface area contributed by atoms with Gasteiger partial charge in [-0.3, -0.25) is 14.2 Å². The molecule has 0 bridgehead atoms. The van der Waals surface area contributed by atoms with Crippen LogP contribution in [0.4, 0.5) is 4.39 Å². The number of thiophene rings is 1. The van der Waals surface area contributed by atoms with Crippen LogP contribution in [0.15, 0.2) is 40.2 Å². The molecule has 3 heterocycles. The van der Waals surface area contributed by atoms with Gasteiger partial charge in [0.25, 0.3) is 5.56 Å². The number of Topliss-reactive ketones (excluding diaryl/α,β-unsaturated/α-hetero) is 1. The minimum atomic E-state index is -1.03. The van der Waals surface area contributed by atoms with Crippen LogP contribution in [0.1, 0.15) is 56.9 Å². The van der Waals surface area contributed by atoms with Crippen molar-refractivity contribution in [2.45, 2.75) is 59.2 Å². The molecule has 0 saturated heterocycles. The molecule has 3 aromatic heterocycles. The minimum absolute atomic E-state index is 0.00751. The van der Waals surface area contributed by atoms with E-state index in [9.17, 15) is 18.8 Å². The monoisotopic (exact) mass is 582 g/mol. The van der Waals surface area contributed by atoms with Crippen molar-refractivity contribution in [2.24, 2.45) is 5.92 Å². The lowest BCUT2D eigenvalue weighted by atomic mass is 10.0. The van der Waals surface area contributed by atoms with E-state index in [1.807, 2.05) is 19.9 Å². The maximum Gasteiger partial charge on any atom is 0.332 e. The topological polar surface area (TPSA) is 134 Å². The van der Waals surface area contributed by atoms with Crippen LogP contribution >= 0.6 is 11.3 Å². The second kappa shape index (κ2) is 12.6. The number of ether oxygens (including phenoxy) is 2. The number of methoxy groups -OCH3 is 1. The molecule has 0 spiro atoms. The number of aromatic nitrogens is 5. The zero-order chi connectivity index (χ0) is 29.8. The zero-order valence-electron chi connectivity index (χ0n) is 23.5. The Balaban J connectivity index is 1.99. The van der Waals surface area contributed by atoms with E-state index in [0.717, 1.165) is 15.9 Å². The molecule has 216 valence electrons. The smallest absolute Gasteiger partial charge is 0.332 e. The van der Waals surface area contributed by atoms with Gasteiger partial charge < -0.3 is 9.47 Å². The fraction of sp³-hybridized carbons (Fsp3) is 0.429. The summed E-state index contributed by atoms with van der Waals surface area (Å²) >= 11 is 1.14. The van der Waals surface area contributed by atoms with Gasteiger partial charge in [0.1, 0.15) is 27.5 Å². The first-order chi connectivity index (χ1) is 19.6. The van der Waals surface area contributed by atoms with Gasteiger partial charge in [-0.25, -0.2) is 13.8 Å². The summed E-state index contributed by atoms with van der Waals surface area (Å²) in [7, 11) is 1.43. The van der Waals surface area contributed by atoms with E-state index in [2.05, 4.69) is 10.2 Å². The van der Waals surface area contributed by atoms with Crippen molar-refractivity contribution >= 4 is 27.3 Å². The molecular weight excluding hydrogens is 551 g/mol. The van der Waals surface area contributed by atoms with E-state index >= 15 is 0 Å². The number of aryl methyl sites for hydroxylation is 1. The number of ketones is 1. The quantitative estimate of drug-likeness (QED) is 0.228. The molecule has 1 aromatic carbocycles. The molecule has 0 unspecified atom stereocenters. The Morgan fingerprint density at radius 2 is 1.90 bits per heavy atom. The standard InChI is InChI=1S/C28H31FN6O5S/c1-16(2)13-21(36)18(4)34-25(37)24-17(3)26(35-31-10-11-32-35)41-27(24)33(28(34)38)15-23(40-12-6-9-30)20-14-19(29)7-8-22(20)39-5/h7-8,10-11,14,16,18,23H,6,12-13,15H2,1-5H3/t18-,23+/m1/s1. The van der Waals surface area contributed by atoms with Crippen molar-refractivity contribution in [1.82, 2.24) is 24.1 Å². The van der Waals surface area contributed by atoms with Gasteiger partial charge in [0, 0.05) is 17.5 Å². The second-order valence-electron chi connectivity index (χ2n) is 9.99. The first kappa shape index (κ1) is 29.8.